The molecule has 0 aliphatic carbocycles. The van der Waals surface area contributed by atoms with Gasteiger partial charge in [-0.25, -0.2) is 0 Å². The molecule has 0 aromatic carbocycles. The van der Waals surface area contributed by atoms with Crippen molar-refractivity contribution >= 4 is 17.7 Å². The van der Waals surface area contributed by atoms with Crippen molar-refractivity contribution in [3.8, 4) is 0 Å². The summed E-state index contributed by atoms with van der Waals surface area (Å²) in [6.07, 6.45) is 11.6. The number of unbranched alkanes of at least 4 members (excludes halogenated alkanes) is 1. The highest BCUT2D eigenvalue weighted by Crippen LogP contribution is 2.41. The van der Waals surface area contributed by atoms with Crippen LogP contribution in [0.5, 0.6) is 0 Å². The van der Waals surface area contributed by atoms with Crippen LogP contribution in [-0.2, 0) is 9.53 Å². The second-order valence-corrected chi connectivity index (χ2v) is 8.66. The average molecular weight is 386 g/mol. The van der Waals surface area contributed by atoms with Crippen LogP contribution in [0.4, 0.5) is 0 Å². The molecule has 2 heterocycles. The van der Waals surface area contributed by atoms with Crippen LogP contribution in [0, 0.1) is 5.92 Å². The van der Waals surface area contributed by atoms with Gasteiger partial charge in [0.15, 0.2) is 0 Å². The smallest absolute Gasteiger partial charge is 0.303 e. The van der Waals surface area contributed by atoms with E-state index >= 15 is 0 Å². The Hall–Kier alpha value is -0.560. The largest absolute Gasteiger partial charge is 0.481 e. The third-order valence-electron chi connectivity index (χ3n) is 5.29. The first-order valence-corrected chi connectivity index (χ1v) is 11.3. The van der Waals surface area contributed by atoms with E-state index in [0.29, 0.717) is 31.0 Å². The molecule has 150 valence electrons. The maximum atomic E-state index is 10.5. The van der Waals surface area contributed by atoms with Crippen molar-refractivity contribution in [3.05, 3.63) is 12.2 Å². The summed E-state index contributed by atoms with van der Waals surface area (Å²) in [7, 11) is 0. The number of nitrogens with one attached hydrogen (secondary N) is 1. The minimum Gasteiger partial charge on any atom is -0.481 e. The Balaban J connectivity index is 1.68. The van der Waals surface area contributed by atoms with Gasteiger partial charge < -0.3 is 20.3 Å². The zero-order valence-corrected chi connectivity index (χ0v) is 16.8. The van der Waals surface area contributed by atoms with Gasteiger partial charge in [-0.15, -0.1) is 0 Å². The Kier molecular flexibility index (Phi) is 10.0. The Labute approximate surface area is 162 Å². The molecule has 6 heteroatoms. The van der Waals surface area contributed by atoms with E-state index in [1.807, 2.05) is 11.8 Å². The minimum atomic E-state index is -0.726. The fourth-order valence-corrected chi connectivity index (χ4v) is 4.87. The molecule has 0 saturated carbocycles. The minimum absolute atomic E-state index is 0.236. The number of hydrogen-bond acceptors (Lipinski definition) is 5. The summed E-state index contributed by atoms with van der Waals surface area (Å²) in [5.41, 5.74) is 0. The van der Waals surface area contributed by atoms with E-state index in [9.17, 15) is 9.90 Å². The molecular weight excluding hydrogens is 350 g/mol. The summed E-state index contributed by atoms with van der Waals surface area (Å²) in [4.78, 5) is 10.5. The van der Waals surface area contributed by atoms with Crippen molar-refractivity contribution in [1.82, 2.24) is 5.32 Å². The SMILES string of the molecule is CCCSCCC(O)CN[C@H]1[C@@H](CC=CCCCC(=O)O)[C@H]2CC[C@@H]1O2. The highest BCUT2D eigenvalue weighted by Gasteiger charge is 2.47. The monoisotopic (exact) mass is 385 g/mol. The molecule has 2 rings (SSSR count). The number of aliphatic carboxylic acids is 1. The van der Waals surface area contributed by atoms with Crippen LogP contribution < -0.4 is 5.32 Å². The number of thioether (sulfide) groups is 1. The fourth-order valence-electron chi connectivity index (χ4n) is 3.94. The van der Waals surface area contributed by atoms with Gasteiger partial charge in [0, 0.05) is 24.9 Å². The molecule has 5 atom stereocenters. The summed E-state index contributed by atoms with van der Waals surface area (Å²) < 4.78 is 6.09. The number of allylic oxidation sites excluding steroid dienone is 2. The lowest BCUT2D eigenvalue weighted by atomic mass is 9.82. The number of carboxylic acid groups (broad SMARTS) is 1. The molecule has 0 aromatic heterocycles. The molecule has 2 bridgehead atoms. The topological polar surface area (TPSA) is 78.8 Å². The average Bonchev–Trinajstić information content (AvgIpc) is 3.21. The van der Waals surface area contributed by atoms with E-state index < -0.39 is 5.97 Å². The van der Waals surface area contributed by atoms with Crippen LogP contribution in [0.1, 0.15) is 58.3 Å². The molecule has 5 nitrogen and oxygen atoms in total. The molecule has 3 N–H and O–H groups in total. The molecule has 2 aliphatic heterocycles. The lowest BCUT2D eigenvalue weighted by Gasteiger charge is -2.29. The molecule has 26 heavy (non-hydrogen) atoms. The summed E-state index contributed by atoms with van der Waals surface area (Å²) >= 11 is 1.91. The van der Waals surface area contributed by atoms with Gasteiger partial charge in [0.25, 0.3) is 0 Å². The third-order valence-corrected chi connectivity index (χ3v) is 6.52. The second-order valence-electron chi connectivity index (χ2n) is 7.44. The number of rotatable bonds is 14. The molecule has 0 radical (unpaired) electrons. The third kappa shape index (κ3) is 7.22. The molecule has 2 fully saturated rings. The molecular formula is C20H35NO4S. The second kappa shape index (κ2) is 12.0. The number of ether oxygens (including phenoxy) is 1. The maximum Gasteiger partial charge on any atom is 0.303 e. The van der Waals surface area contributed by atoms with Gasteiger partial charge in [-0.2, -0.15) is 11.8 Å². The zero-order valence-electron chi connectivity index (χ0n) is 15.9. The molecule has 2 aliphatic rings. The van der Waals surface area contributed by atoms with Gasteiger partial charge in [-0.05, 0) is 56.5 Å². The van der Waals surface area contributed by atoms with Gasteiger partial charge in [0.1, 0.15) is 0 Å². The zero-order chi connectivity index (χ0) is 18.8. The van der Waals surface area contributed by atoms with Crippen molar-refractivity contribution < 1.29 is 19.7 Å². The van der Waals surface area contributed by atoms with Gasteiger partial charge in [0.2, 0.25) is 0 Å². The summed E-state index contributed by atoms with van der Waals surface area (Å²) in [5.74, 6) is 1.93. The highest BCUT2D eigenvalue weighted by atomic mass is 32.2. The Morgan fingerprint density at radius 3 is 2.88 bits per heavy atom. The highest BCUT2D eigenvalue weighted by molar-refractivity contribution is 7.99. The van der Waals surface area contributed by atoms with Crippen molar-refractivity contribution in [2.75, 3.05) is 18.1 Å². The normalized spacial score (nSPS) is 28.8. The van der Waals surface area contributed by atoms with E-state index in [1.165, 1.54) is 12.2 Å². The first-order valence-electron chi connectivity index (χ1n) is 10.1. The quantitative estimate of drug-likeness (QED) is 0.315. The predicted molar refractivity (Wildman–Crippen MR) is 107 cm³/mol. The van der Waals surface area contributed by atoms with E-state index in [-0.39, 0.29) is 18.6 Å². The predicted octanol–water partition coefficient (Wildman–Crippen LogP) is 3.22. The molecule has 0 spiro atoms. The lowest BCUT2D eigenvalue weighted by molar-refractivity contribution is -0.137. The first kappa shape index (κ1) is 21.7. The van der Waals surface area contributed by atoms with E-state index in [2.05, 4.69) is 24.4 Å². The number of fused-ring (bicyclic) bond motifs is 2. The van der Waals surface area contributed by atoms with Crippen molar-refractivity contribution in [2.24, 2.45) is 5.92 Å². The lowest BCUT2D eigenvalue weighted by Crippen LogP contribution is -2.46. The summed E-state index contributed by atoms with van der Waals surface area (Å²) in [5, 5.41) is 22.4. The molecule has 1 unspecified atom stereocenters. The Morgan fingerprint density at radius 2 is 2.12 bits per heavy atom. The van der Waals surface area contributed by atoms with E-state index in [4.69, 9.17) is 9.84 Å². The number of aliphatic hydroxyl groups excluding tert-OH is 1. The fraction of sp³-hybridized carbons (Fsp3) is 0.850. The van der Waals surface area contributed by atoms with E-state index in [0.717, 1.165) is 37.9 Å². The van der Waals surface area contributed by atoms with Crippen LogP contribution in [0.15, 0.2) is 12.2 Å². The maximum absolute atomic E-state index is 10.5. The summed E-state index contributed by atoms with van der Waals surface area (Å²) in [6.45, 7) is 2.82. The summed E-state index contributed by atoms with van der Waals surface area (Å²) in [6, 6.07) is 0.329. The van der Waals surface area contributed by atoms with Gasteiger partial charge >= 0.3 is 5.97 Å². The molecule has 0 aromatic rings. The van der Waals surface area contributed by atoms with Crippen molar-refractivity contribution in [2.45, 2.75) is 82.6 Å². The van der Waals surface area contributed by atoms with Crippen LogP contribution in [-0.4, -0.2) is 58.6 Å². The van der Waals surface area contributed by atoms with Crippen molar-refractivity contribution in [3.63, 3.8) is 0 Å². The molecule has 0 amide bonds. The van der Waals surface area contributed by atoms with Crippen LogP contribution >= 0.6 is 11.8 Å². The van der Waals surface area contributed by atoms with Crippen LogP contribution in [0.3, 0.4) is 0 Å². The van der Waals surface area contributed by atoms with Crippen LogP contribution in [0.25, 0.3) is 0 Å². The van der Waals surface area contributed by atoms with Gasteiger partial charge in [-0.3, -0.25) is 4.79 Å². The Morgan fingerprint density at radius 1 is 1.31 bits per heavy atom. The Bertz CT molecular complexity index is 446. The van der Waals surface area contributed by atoms with Gasteiger partial charge in [0.05, 0.1) is 18.3 Å². The standard InChI is InChI=1S/C20H35NO4S/c1-2-12-26-13-11-15(22)14-21-20-16(17-9-10-18(20)25-17)7-5-3-4-6-8-19(23)24/h3,5,15-18,20-22H,2,4,6-14H2,1H3,(H,23,24)/t15?,16-,17+,18-,20-/m0/s1. The van der Waals surface area contributed by atoms with Crippen molar-refractivity contribution in [1.29, 1.82) is 0 Å². The number of aliphatic hydroxyl groups is 1. The number of carboxylic acids is 1. The van der Waals surface area contributed by atoms with Crippen LogP contribution in [0.2, 0.25) is 0 Å². The first-order chi connectivity index (χ1) is 12.6. The van der Waals surface area contributed by atoms with E-state index in [1.54, 1.807) is 0 Å². The van der Waals surface area contributed by atoms with Gasteiger partial charge in [-0.1, -0.05) is 19.1 Å². The number of hydrogen-bond donors (Lipinski definition) is 3. The molecule has 2 saturated heterocycles. The number of carbonyl (C=O) groups is 1.